The number of benzene rings is 4. The number of nitrogens with zero attached hydrogens (tertiary/aromatic N) is 1. The molecule has 1 saturated heterocycles. The van der Waals surface area contributed by atoms with E-state index in [4.69, 9.17) is 23.7 Å². The molecule has 2 amide bonds. The fraction of sp³-hybridized carbons (Fsp3) is 0.350. The van der Waals surface area contributed by atoms with E-state index in [0.29, 0.717) is 25.1 Å². The monoisotopic (exact) mass is 695 g/mol. The first-order valence-electron chi connectivity index (χ1n) is 17.1. The van der Waals surface area contributed by atoms with E-state index in [2.05, 4.69) is 27.7 Å². The summed E-state index contributed by atoms with van der Waals surface area (Å²) in [6.07, 6.45) is 0.846. The maximum Gasteiger partial charge on any atom is 0.328 e. The van der Waals surface area contributed by atoms with Gasteiger partial charge in [-0.3, -0.25) is 4.90 Å². The molecule has 51 heavy (non-hydrogen) atoms. The van der Waals surface area contributed by atoms with E-state index >= 15 is 0 Å². The third kappa shape index (κ3) is 9.05. The highest BCUT2D eigenvalue weighted by molar-refractivity contribution is 5.92. The highest BCUT2D eigenvalue weighted by Gasteiger charge is 2.34. The van der Waals surface area contributed by atoms with E-state index in [1.54, 1.807) is 26.4 Å². The van der Waals surface area contributed by atoms with Gasteiger partial charge in [-0.25, -0.2) is 9.59 Å². The summed E-state index contributed by atoms with van der Waals surface area (Å²) in [5.41, 5.74) is 6.57. The van der Waals surface area contributed by atoms with Crippen LogP contribution in [-0.4, -0.2) is 68.6 Å². The second-order valence-electron chi connectivity index (χ2n) is 12.8. The first-order chi connectivity index (χ1) is 24.8. The Bertz CT molecular complexity index is 1770. The molecule has 4 atom stereocenters. The molecule has 1 fully saturated rings. The second kappa shape index (κ2) is 16.8. The van der Waals surface area contributed by atoms with Gasteiger partial charge in [0.05, 0.1) is 40.1 Å². The molecular weight excluding hydrogens is 650 g/mol. The Morgan fingerprint density at radius 1 is 0.863 bits per heavy atom. The molecule has 0 spiro atoms. The van der Waals surface area contributed by atoms with Crippen molar-refractivity contribution in [3.05, 3.63) is 124 Å². The van der Waals surface area contributed by atoms with Crippen LogP contribution in [0.15, 0.2) is 91.0 Å². The van der Waals surface area contributed by atoms with Crippen molar-refractivity contribution >= 4 is 17.7 Å². The Labute approximate surface area is 298 Å². The summed E-state index contributed by atoms with van der Waals surface area (Å²) in [6, 6.07) is 27.3. The number of fused-ring (bicyclic) bond motifs is 1. The van der Waals surface area contributed by atoms with E-state index in [1.165, 1.54) is 18.2 Å². The Morgan fingerprint density at radius 2 is 1.55 bits per heavy atom. The minimum atomic E-state index is -0.848. The normalized spacial score (nSPS) is 19.3. The predicted molar refractivity (Wildman–Crippen MR) is 191 cm³/mol. The van der Waals surface area contributed by atoms with Crippen LogP contribution in [0.5, 0.6) is 11.5 Å². The number of aliphatic hydroxyl groups is 1. The number of amides is 2. The molecule has 0 unspecified atom stereocenters. The lowest BCUT2D eigenvalue weighted by molar-refractivity contribution is -0.253. The second-order valence-corrected chi connectivity index (χ2v) is 12.8. The molecule has 0 bridgehead atoms. The van der Waals surface area contributed by atoms with E-state index in [9.17, 15) is 14.7 Å². The Kier molecular flexibility index (Phi) is 11.8. The van der Waals surface area contributed by atoms with Crippen LogP contribution < -0.4 is 20.1 Å². The minimum Gasteiger partial charge on any atom is -0.493 e. The summed E-state index contributed by atoms with van der Waals surface area (Å²) in [7, 11) is 4.61. The first kappa shape index (κ1) is 35.9. The number of anilines is 1. The number of urea groups is 1. The van der Waals surface area contributed by atoms with E-state index in [-0.39, 0.29) is 18.8 Å². The number of carbonyl (C=O) groups excluding carboxylic acids is 2. The molecule has 0 aromatic heterocycles. The topological polar surface area (TPSA) is 128 Å². The SMILES string of the molecule is COC(=O)[C@H](Cc1ccccc1)NC(=O)Nc1ccc([C@@H]2O[C@H](CN3CCc4cc(OC)c(OC)cc4C3)C[C@H](c3ccc(CO)cc3)O2)cc1. The van der Waals surface area contributed by atoms with Crippen LogP contribution in [0.1, 0.15) is 52.2 Å². The van der Waals surface area contributed by atoms with Crippen molar-refractivity contribution < 1.29 is 38.4 Å². The quantitative estimate of drug-likeness (QED) is 0.160. The van der Waals surface area contributed by atoms with Crippen molar-refractivity contribution in [2.24, 2.45) is 0 Å². The number of hydrogen-bond donors (Lipinski definition) is 3. The molecule has 11 heteroatoms. The van der Waals surface area contributed by atoms with Gasteiger partial charge in [0.25, 0.3) is 0 Å². The van der Waals surface area contributed by atoms with Crippen LogP contribution in [0, 0.1) is 0 Å². The zero-order valence-electron chi connectivity index (χ0n) is 29.2. The molecule has 2 aliphatic heterocycles. The number of methoxy groups -OCH3 is 3. The van der Waals surface area contributed by atoms with Crippen LogP contribution in [0.4, 0.5) is 10.5 Å². The largest absolute Gasteiger partial charge is 0.493 e. The lowest BCUT2D eigenvalue weighted by Crippen LogP contribution is -2.45. The van der Waals surface area contributed by atoms with E-state index in [1.807, 2.05) is 66.7 Å². The summed E-state index contributed by atoms with van der Waals surface area (Å²) in [5.74, 6) is 0.934. The Morgan fingerprint density at radius 3 is 2.22 bits per heavy atom. The van der Waals surface area contributed by atoms with Crippen LogP contribution in [-0.2, 0) is 45.0 Å². The van der Waals surface area contributed by atoms with Gasteiger partial charge in [0.1, 0.15) is 6.04 Å². The molecule has 3 N–H and O–H groups in total. The standard InChI is InChI=1S/C40H45N3O8/c1-47-36-20-30-17-18-43(23-31(30)21-37(36)48-2)24-33-22-35(28-11-9-27(25-44)10-12-28)51-39(50-33)29-13-15-32(16-14-29)41-40(46)42-34(38(45)49-3)19-26-7-5-4-6-8-26/h4-16,20-21,33-35,39,44H,17-19,22-25H2,1-3H3,(H2,41,42,46)/t33-,34-,35+,39+/m0/s1. The Balaban J connectivity index is 1.14. The molecule has 4 aromatic carbocycles. The predicted octanol–water partition coefficient (Wildman–Crippen LogP) is 5.71. The molecular formula is C40H45N3O8. The molecule has 0 aliphatic carbocycles. The average Bonchev–Trinajstić information content (AvgIpc) is 3.17. The van der Waals surface area contributed by atoms with Gasteiger partial charge in [-0.15, -0.1) is 0 Å². The third-order valence-corrected chi connectivity index (χ3v) is 9.39. The summed E-state index contributed by atoms with van der Waals surface area (Å²) in [5, 5.41) is 15.1. The maximum absolute atomic E-state index is 12.9. The van der Waals surface area contributed by atoms with Crippen molar-refractivity contribution in [3.63, 3.8) is 0 Å². The van der Waals surface area contributed by atoms with Crippen molar-refractivity contribution in [1.82, 2.24) is 10.2 Å². The van der Waals surface area contributed by atoms with Crippen LogP contribution in [0.25, 0.3) is 0 Å². The van der Waals surface area contributed by atoms with Crippen LogP contribution in [0.2, 0.25) is 0 Å². The number of rotatable bonds is 12. The highest BCUT2D eigenvalue weighted by Crippen LogP contribution is 2.39. The third-order valence-electron chi connectivity index (χ3n) is 9.39. The molecule has 0 saturated carbocycles. The molecule has 268 valence electrons. The van der Waals surface area contributed by atoms with E-state index < -0.39 is 24.3 Å². The van der Waals surface area contributed by atoms with Gasteiger partial charge < -0.3 is 39.4 Å². The van der Waals surface area contributed by atoms with Crippen molar-refractivity contribution in [2.75, 3.05) is 39.7 Å². The van der Waals surface area contributed by atoms with Crippen LogP contribution in [0.3, 0.4) is 0 Å². The summed E-state index contributed by atoms with van der Waals surface area (Å²) >= 11 is 0. The van der Waals surface area contributed by atoms with Crippen molar-refractivity contribution in [3.8, 4) is 11.5 Å². The number of hydrogen-bond acceptors (Lipinski definition) is 9. The molecule has 2 aliphatic rings. The Hall–Kier alpha value is -4.94. The van der Waals surface area contributed by atoms with Gasteiger partial charge in [-0.2, -0.15) is 0 Å². The number of nitrogens with one attached hydrogen (secondary N) is 2. The number of aliphatic hydroxyl groups excluding tert-OH is 1. The van der Waals surface area contributed by atoms with E-state index in [0.717, 1.165) is 53.3 Å². The molecule has 0 radical (unpaired) electrons. The van der Waals surface area contributed by atoms with Crippen molar-refractivity contribution in [1.29, 1.82) is 0 Å². The fourth-order valence-electron chi connectivity index (χ4n) is 6.65. The summed E-state index contributed by atoms with van der Waals surface area (Å²) < 4.78 is 29.2. The molecule has 11 nitrogen and oxygen atoms in total. The van der Waals surface area contributed by atoms with Gasteiger partial charge in [-0.05, 0) is 58.5 Å². The summed E-state index contributed by atoms with van der Waals surface area (Å²) in [4.78, 5) is 27.8. The lowest BCUT2D eigenvalue weighted by atomic mass is 9.97. The van der Waals surface area contributed by atoms with Gasteiger partial charge >= 0.3 is 12.0 Å². The minimum absolute atomic E-state index is 0.0258. The zero-order valence-corrected chi connectivity index (χ0v) is 29.2. The summed E-state index contributed by atoms with van der Waals surface area (Å²) in [6.45, 7) is 2.33. The maximum atomic E-state index is 12.9. The van der Waals surface area contributed by atoms with Crippen LogP contribution >= 0.6 is 0 Å². The molecule has 2 heterocycles. The zero-order chi connectivity index (χ0) is 35.7. The number of carbonyl (C=O) groups is 2. The van der Waals surface area contributed by atoms with Gasteiger partial charge in [-0.1, -0.05) is 66.7 Å². The van der Waals surface area contributed by atoms with Gasteiger partial charge in [0, 0.05) is 43.7 Å². The highest BCUT2D eigenvalue weighted by atomic mass is 16.7. The van der Waals surface area contributed by atoms with Crippen molar-refractivity contribution in [2.45, 2.75) is 57.0 Å². The van der Waals surface area contributed by atoms with Gasteiger partial charge in [0.15, 0.2) is 17.8 Å². The molecule has 6 rings (SSSR count). The number of ether oxygens (including phenoxy) is 5. The molecule has 4 aromatic rings. The average molecular weight is 696 g/mol. The number of esters is 1. The fourth-order valence-corrected chi connectivity index (χ4v) is 6.65. The lowest BCUT2D eigenvalue weighted by Gasteiger charge is -2.39. The van der Waals surface area contributed by atoms with Gasteiger partial charge in [0.2, 0.25) is 0 Å². The smallest absolute Gasteiger partial charge is 0.328 e. The first-order valence-corrected chi connectivity index (χ1v) is 17.1.